The number of rotatable bonds is 7. The monoisotopic (exact) mass is 313 g/mol. The lowest BCUT2D eigenvalue weighted by Crippen LogP contribution is -2.14. The summed E-state index contributed by atoms with van der Waals surface area (Å²) in [5.41, 5.74) is 2.89. The zero-order valence-electron chi connectivity index (χ0n) is 13.8. The van der Waals surface area contributed by atoms with Gasteiger partial charge in [0.15, 0.2) is 0 Å². The van der Waals surface area contributed by atoms with Gasteiger partial charge < -0.3 is 14.8 Å². The number of hydrogen-bond acceptors (Lipinski definition) is 3. The van der Waals surface area contributed by atoms with Crippen LogP contribution in [0.25, 0.3) is 0 Å². The van der Waals surface area contributed by atoms with Gasteiger partial charge in [0.25, 0.3) is 0 Å². The van der Waals surface area contributed by atoms with Crippen molar-refractivity contribution in [2.45, 2.75) is 26.4 Å². The van der Waals surface area contributed by atoms with E-state index in [9.17, 15) is 4.79 Å². The van der Waals surface area contributed by atoms with Crippen LogP contribution in [0.3, 0.4) is 0 Å². The van der Waals surface area contributed by atoms with Gasteiger partial charge in [0.05, 0.1) is 13.0 Å². The molecule has 0 aliphatic heterocycles. The number of amides is 1. The Hall–Kier alpha value is -2.33. The molecule has 1 unspecified atom stereocenters. The van der Waals surface area contributed by atoms with Crippen molar-refractivity contribution in [2.24, 2.45) is 0 Å². The first-order chi connectivity index (χ1) is 11.1. The molecule has 0 heterocycles. The first-order valence-corrected chi connectivity index (χ1v) is 7.71. The fourth-order valence-corrected chi connectivity index (χ4v) is 2.25. The highest BCUT2D eigenvalue weighted by Crippen LogP contribution is 2.26. The van der Waals surface area contributed by atoms with E-state index in [4.69, 9.17) is 9.47 Å². The number of ether oxygens (including phenoxy) is 2. The van der Waals surface area contributed by atoms with Crippen molar-refractivity contribution in [2.75, 3.05) is 19.0 Å². The minimum absolute atomic E-state index is 0.0299. The Morgan fingerprint density at radius 3 is 2.57 bits per heavy atom. The van der Waals surface area contributed by atoms with Crippen molar-refractivity contribution in [3.63, 3.8) is 0 Å². The summed E-state index contributed by atoms with van der Waals surface area (Å²) >= 11 is 0. The maximum atomic E-state index is 11.7. The van der Waals surface area contributed by atoms with Gasteiger partial charge in [-0.25, -0.2) is 0 Å². The Balaban J connectivity index is 2.00. The van der Waals surface area contributed by atoms with E-state index < -0.39 is 0 Å². The summed E-state index contributed by atoms with van der Waals surface area (Å²) < 4.78 is 10.9. The van der Waals surface area contributed by atoms with E-state index in [-0.39, 0.29) is 12.0 Å². The number of carbonyl (C=O) groups excluding carboxylic acids is 1. The van der Waals surface area contributed by atoms with Crippen LogP contribution in [0.4, 0.5) is 5.69 Å². The Morgan fingerprint density at radius 1 is 1.17 bits per heavy atom. The summed E-state index contributed by atoms with van der Waals surface area (Å²) in [7, 11) is 1.58. The van der Waals surface area contributed by atoms with E-state index in [1.807, 2.05) is 62.4 Å². The highest BCUT2D eigenvalue weighted by atomic mass is 16.5. The number of methoxy groups -OCH3 is 1. The summed E-state index contributed by atoms with van der Waals surface area (Å²) in [6.45, 7) is 4.39. The molecule has 122 valence electrons. The van der Waals surface area contributed by atoms with Crippen LogP contribution in [0.2, 0.25) is 0 Å². The highest BCUT2D eigenvalue weighted by molar-refractivity contribution is 5.91. The number of anilines is 1. The third-order valence-corrected chi connectivity index (χ3v) is 3.59. The van der Waals surface area contributed by atoms with Gasteiger partial charge >= 0.3 is 0 Å². The Morgan fingerprint density at radius 2 is 1.91 bits per heavy atom. The van der Waals surface area contributed by atoms with Crippen LogP contribution in [-0.2, 0) is 9.53 Å². The van der Waals surface area contributed by atoms with Crippen molar-refractivity contribution >= 4 is 11.6 Å². The first-order valence-electron chi connectivity index (χ1n) is 7.71. The molecule has 0 saturated carbocycles. The Labute approximate surface area is 137 Å². The maximum Gasteiger partial charge on any atom is 0.226 e. The predicted molar refractivity (Wildman–Crippen MR) is 91.8 cm³/mol. The van der Waals surface area contributed by atoms with E-state index in [0.717, 1.165) is 22.6 Å². The van der Waals surface area contributed by atoms with Crippen LogP contribution in [-0.4, -0.2) is 19.6 Å². The van der Waals surface area contributed by atoms with E-state index in [0.29, 0.717) is 13.0 Å². The lowest BCUT2D eigenvalue weighted by molar-refractivity contribution is -0.117. The number of nitrogens with one attached hydrogen (secondary N) is 1. The quantitative estimate of drug-likeness (QED) is 0.837. The fourth-order valence-electron chi connectivity index (χ4n) is 2.25. The molecule has 1 amide bonds. The van der Waals surface area contributed by atoms with E-state index in [1.54, 1.807) is 7.11 Å². The van der Waals surface area contributed by atoms with Gasteiger partial charge in [0, 0.05) is 12.8 Å². The van der Waals surface area contributed by atoms with E-state index >= 15 is 0 Å². The standard InChI is InChI=1S/C19H23NO3/c1-14-13-17(23-15(2)16-7-5-4-6-8-16)9-10-18(14)20-19(21)11-12-22-3/h4-10,13,15H,11-12H2,1-3H3,(H,20,21). The zero-order chi connectivity index (χ0) is 16.7. The fraction of sp³-hybridized carbons (Fsp3) is 0.316. The number of hydrogen-bond donors (Lipinski definition) is 1. The van der Waals surface area contributed by atoms with Gasteiger partial charge in [-0.05, 0) is 43.2 Å². The van der Waals surface area contributed by atoms with Crippen molar-refractivity contribution < 1.29 is 14.3 Å². The summed E-state index contributed by atoms with van der Waals surface area (Å²) in [5.74, 6) is 0.731. The van der Waals surface area contributed by atoms with Crippen LogP contribution in [0.1, 0.15) is 30.6 Å². The van der Waals surface area contributed by atoms with Crippen LogP contribution in [0.15, 0.2) is 48.5 Å². The molecule has 4 heteroatoms. The Kier molecular flexibility index (Phi) is 6.18. The first kappa shape index (κ1) is 17.0. The molecule has 0 fully saturated rings. The lowest BCUT2D eigenvalue weighted by atomic mass is 10.1. The van der Waals surface area contributed by atoms with Gasteiger partial charge in [0.2, 0.25) is 5.91 Å². The molecule has 0 aliphatic rings. The van der Waals surface area contributed by atoms with E-state index in [2.05, 4.69) is 5.32 Å². The molecule has 23 heavy (non-hydrogen) atoms. The topological polar surface area (TPSA) is 47.6 Å². The molecule has 4 nitrogen and oxygen atoms in total. The molecule has 0 radical (unpaired) electrons. The molecule has 0 saturated heterocycles. The molecule has 0 aliphatic carbocycles. The van der Waals surface area contributed by atoms with Crippen LogP contribution >= 0.6 is 0 Å². The normalized spacial score (nSPS) is 11.8. The van der Waals surface area contributed by atoms with Crippen molar-refractivity contribution in [3.8, 4) is 5.75 Å². The second-order valence-corrected chi connectivity index (χ2v) is 5.44. The minimum Gasteiger partial charge on any atom is -0.486 e. The van der Waals surface area contributed by atoms with Crippen molar-refractivity contribution in [1.29, 1.82) is 0 Å². The van der Waals surface area contributed by atoms with Crippen molar-refractivity contribution in [1.82, 2.24) is 0 Å². The van der Waals surface area contributed by atoms with Gasteiger partial charge in [-0.3, -0.25) is 4.79 Å². The summed E-state index contributed by atoms with van der Waals surface area (Å²) in [4.78, 5) is 11.7. The smallest absolute Gasteiger partial charge is 0.226 e. The largest absolute Gasteiger partial charge is 0.486 e. The SMILES string of the molecule is COCCC(=O)Nc1ccc(OC(C)c2ccccc2)cc1C. The highest BCUT2D eigenvalue weighted by Gasteiger charge is 2.09. The third-order valence-electron chi connectivity index (χ3n) is 3.59. The molecule has 1 atom stereocenters. The zero-order valence-corrected chi connectivity index (χ0v) is 13.8. The van der Waals surface area contributed by atoms with Crippen molar-refractivity contribution in [3.05, 3.63) is 59.7 Å². The summed E-state index contributed by atoms with van der Waals surface area (Å²) in [6, 6.07) is 15.8. The van der Waals surface area contributed by atoms with Gasteiger partial charge in [-0.2, -0.15) is 0 Å². The Bertz CT molecular complexity index is 640. The molecule has 0 spiro atoms. The summed E-state index contributed by atoms with van der Waals surface area (Å²) in [5, 5.41) is 2.88. The molecule has 2 aromatic rings. The molecular formula is C19H23NO3. The molecule has 2 aromatic carbocycles. The molecular weight excluding hydrogens is 290 g/mol. The number of benzene rings is 2. The minimum atomic E-state index is -0.0544. The molecule has 0 bridgehead atoms. The molecule has 2 rings (SSSR count). The average molecular weight is 313 g/mol. The third kappa shape index (κ3) is 5.11. The van der Waals surface area contributed by atoms with Crippen LogP contribution in [0, 0.1) is 6.92 Å². The van der Waals surface area contributed by atoms with Crippen LogP contribution in [0.5, 0.6) is 5.75 Å². The second-order valence-electron chi connectivity index (χ2n) is 5.44. The molecule has 1 N–H and O–H groups in total. The lowest BCUT2D eigenvalue weighted by Gasteiger charge is -2.16. The summed E-state index contributed by atoms with van der Waals surface area (Å²) in [6.07, 6.45) is 0.317. The van der Waals surface area contributed by atoms with Gasteiger partial charge in [0.1, 0.15) is 11.9 Å². The maximum absolute atomic E-state index is 11.7. The predicted octanol–water partition coefficient (Wildman–Crippen LogP) is 4.11. The van der Waals surface area contributed by atoms with Gasteiger partial charge in [-0.15, -0.1) is 0 Å². The number of aryl methyl sites for hydroxylation is 1. The second kappa shape index (κ2) is 8.34. The number of carbonyl (C=O) groups is 1. The average Bonchev–Trinajstić information content (AvgIpc) is 2.56. The van der Waals surface area contributed by atoms with Gasteiger partial charge in [-0.1, -0.05) is 30.3 Å². The van der Waals surface area contributed by atoms with Crippen LogP contribution < -0.4 is 10.1 Å². The van der Waals surface area contributed by atoms with E-state index in [1.165, 1.54) is 0 Å². The molecule has 0 aromatic heterocycles.